The molecule has 0 spiro atoms. The van der Waals surface area contributed by atoms with Crippen LogP contribution in [0.4, 0.5) is 0 Å². The molecule has 172 valence electrons. The van der Waals surface area contributed by atoms with Gasteiger partial charge in [0.2, 0.25) is 0 Å². The molecule has 3 aromatic heterocycles. The largest absolute Gasteiger partial charge is 0.292 e. The molecule has 0 fully saturated rings. The molecule has 0 saturated heterocycles. The van der Waals surface area contributed by atoms with E-state index in [4.69, 9.17) is 26.6 Å². The van der Waals surface area contributed by atoms with E-state index in [9.17, 15) is 4.79 Å². The third-order valence-corrected chi connectivity index (χ3v) is 6.66. The summed E-state index contributed by atoms with van der Waals surface area (Å²) in [5.74, 6) is 0.622. The molecule has 0 N–H and O–H groups in total. The van der Waals surface area contributed by atoms with Crippen LogP contribution in [0.25, 0.3) is 38.9 Å². The Morgan fingerprint density at radius 2 is 1.46 bits per heavy atom. The Kier molecular flexibility index (Phi) is 5.11. The van der Waals surface area contributed by atoms with Gasteiger partial charge >= 0.3 is 0 Å². The topological polar surface area (TPSA) is 65.6 Å². The molecule has 0 saturated carbocycles. The minimum absolute atomic E-state index is 0.138. The highest BCUT2D eigenvalue weighted by molar-refractivity contribution is 6.30. The first-order chi connectivity index (χ1) is 17.0. The average Bonchev–Trinajstić information content (AvgIpc) is 3.19. The molecular weight excluding hydrogens is 458 g/mol. The average molecular weight is 480 g/mol. The summed E-state index contributed by atoms with van der Waals surface area (Å²) in [5, 5.41) is 1.13. The Balaban J connectivity index is 1.68. The van der Waals surface area contributed by atoms with E-state index in [1.807, 2.05) is 72.2 Å². The number of hydrogen-bond donors (Lipinski definition) is 0. The summed E-state index contributed by atoms with van der Waals surface area (Å²) in [6.45, 7) is 4.38. The highest BCUT2D eigenvalue weighted by atomic mass is 35.5. The lowest BCUT2D eigenvalue weighted by molar-refractivity contribution is 0.711. The van der Waals surface area contributed by atoms with Crippen LogP contribution >= 0.6 is 11.6 Å². The smallest absolute Gasteiger partial charge is 0.265 e. The first kappa shape index (κ1) is 21.5. The van der Waals surface area contributed by atoms with Gasteiger partial charge in [-0.1, -0.05) is 54.9 Å². The fourth-order valence-corrected chi connectivity index (χ4v) is 4.64. The number of fused-ring (bicyclic) bond motifs is 4. The lowest BCUT2D eigenvalue weighted by Crippen LogP contribution is -2.24. The van der Waals surface area contributed by atoms with Gasteiger partial charge in [0.15, 0.2) is 11.3 Å². The van der Waals surface area contributed by atoms with Gasteiger partial charge in [-0.25, -0.2) is 15.0 Å². The quantitative estimate of drug-likeness (QED) is 0.318. The molecule has 6 aromatic rings. The molecule has 0 bridgehead atoms. The summed E-state index contributed by atoms with van der Waals surface area (Å²) in [6, 6.07) is 23.5. The molecule has 0 amide bonds. The van der Waals surface area contributed by atoms with E-state index in [0.717, 1.165) is 28.7 Å². The first-order valence-electron chi connectivity index (χ1n) is 11.6. The van der Waals surface area contributed by atoms with Crippen molar-refractivity contribution < 1.29 is 0 Å². The van der Waals surface area contributed by atoms with Gasteiger partial charge in [-0.2, -0.15) is 0 Å². The number of aromatic nitrogens is 5. The van der Waals surface area contributed by atoms with Crippen molar-refractivity contribution in [3.05, 3.63) is 105 Å². The maximum absolute atomic E-state index is 13.9. The Bertz CT molecular complexity index is 1780. The maximum atomic E-state index is 13.9. The standard InChI is InChI=1S/C28H22ClN5O/c1-3-18-10-14-21(15-11-18)34-26-24(25-27(34)32-23-7-5-4-6-22(23)31-25)28(35)33(17(2)30-26)16-19-8-12-20(29)13-9-19/h4-15H,3,16H2,1-2H3. The predicted octanol–water partition coefficient (Wildman–Crippen LogP) is 5.86. The van der Waals surface area contributed by atoms with Crippen LogP contribution in [0.15, 0.2) is 77.6 Å². The summed E-state index contributed by atoms with van der Waals surface area (Å²) in [7, 11) is 0. The van der Waals surface area contributed by atoms with Crippen LogP contribution in [-0.2, 0) is 13.0 Å². The molecule has 7 heteroatoms. The lowest BCUT2D eigenvalue weighted by Gasteiger charge is -2.11. The Labute approximate surface area is 206 Å². The predicted molar refractivity (Wildman–Crippen MR) is 141 cm³/mol. The number of nitrogens with zero attached hydrogens (tertiary/aromatic N) is 5. The Morgan fingerprint density at radius 1 is 0.800 bits per heavy atom. The second-order valence-electron chi connectivity index (χ2n) is 8.62. The maximum Gasteiger partial charge on any atom is 0.265 e. The molecule has 0 aliphatic heterocycles. The van der Waals surface area contributed by atoms with Crippen molar-refractivity contribution in [3.63, 3.8) is 0 Å². The number of halogens is 1. The zero-order chi connectivity index (χ0) is 24.1. The molecule has 0 unspecified atom stereocenters. The fraction of sp³-hybridized carbons (Fsp3) is 0.143. The summed E-state index contributed by atoms with van der Waals surface area (Å²) in [4.78, 5) is 28.7. The summed E-state index contributed by atoms with van der Waals surface area (Å²) in [6.07, 6.45) is 0.949. The van der Waals surface area contributed by atoms with Crippen LogP contribution in [0.1, 0.15) is 23.9 Å². The van der Waals surface area contributed by atoms with Crippen LogP contribution in [0.5, 0.6) is 0 Å². The summed E-state index contributed by atoms with van der Waals surface area (Å²) >= 11 is 6.05. The van der Waals surface area contributed by atoms with Crippen molar-refractivity contribution in [1.29, 1.82) is 0 Å². The van der Waals surface area contributed by atoms with Gasteiger partial charge in [0.05, 0.1) is 17.6 Å². The number of hydrogen-bond acceptors (Lipinski definition) is 4. The van der Waals surface area contributed by atoms with Crippen LogP contribution in [-0.4, -0.2) is 24.1 Å². The molecule has 35 heavy (non-hydrogen) atoms. The highest BCUT2D eigenvalue weighted by Gasteiger charge is 2.22. The van der Waals surface area contributed by atoms with E-state index in [1.54, 1.807) is 4.57 Å². The van der Waals surface area contributed by atoms with Crippen molar-refractivity contribution in [2.45, 2.75) is 26.8 Å². The van der Waals surface area contributed by atoms with Crippen molar-refractivity contribution in [3.8, 4) is 5.69 Å². The molecule has 0 radical (unpaired) electrons. The fourth-order valence-electron chi connectivity index (χ4n) is 4.51. The molecule has 0 atom stereocenters. The third kappa shape index (κ3) is 3.58. The van der Waals surface area contributed by atoms with Gasteiger partial charge in [0, 0.05) is 10.7 Å². The van der Waals surface area contributed by atoms with E-state index in [0.29, 0.717) is 39.6 Å². The van der Waals surface area contributed by atoms with Gasteiger partial charge in [-0.3, -0.25) is 13.9 Å². The van der Waals surface area contributed by atoms with Crippen molar-refractivity contribution in [1.82, 2.24) is 24.1 Å². The molecule has 3 aromatic carbocycles. The molecule has 0 aliphatic carbocycles. The zero-order valence-corrected chi connectivity index (χ0v) is 20.1. The lowest BCUT2D eigenvalue weighted by atomic mass is 10.1. The van der Waals surface area contributed by atoms with Gasteiger partial charge < -0.3 is 0 Å². The Hall–Kier alpha value is -4.03. The van der Waals surface area contributed by atoms with Crippen molar-refractivity contribution >= 4 is 44.8 Å². The number of para-hydroxylation sites is 2. The zero-order valence-electron chi connectivity index (χ0n) is 19.4. The van der Waals surface area contributed by atoms with Gasteiger partial charge in [0.25, 0.3) is 5.56 Å². The number of aryl methyl sites for hydroxylation is 2. The molecule has 6 nitrogen and oxygen atoms in total. The van der Waals surface area contributed by atoms with E-state index in [2.05, 4.69) is 19.1 Å². The minimum Gasteiger partial charge on any atom is -0.292 e. The molecule has 0 aliphatic rings. The second-order valence-corrected chi connectivity index (χ2v) is 9.05. The van der Waals surface area contributed by atoms with E-state index in [1.165, 1.54) is 5.56 Å². The summed E-state index contributed by atoms with van der Waals surface area (Å²) < 4.78 is 3.64. The van der Waals surface area contributed by atoms with Crippen molar-refractivity contribution in [2.75, 3.05) is 0 Å². The third-order valence-electron chi connectivity index (χ3n) is 6.41. The SMILES string of the molecule is CCc1ccc(-n2c3nc4ccccc4nc3c3c(=O)n(Cc4ccc(Cl)cc4)c(C)nc32)cc1. The molecular formula is C28H22ClN5O. The minimum atomic E-state index is -0.138. The van der Waals surface area contributed by atoms with Gasteiger partial charge in [-0.05, 0) is 60.9 Å². The second kappa shape index (κ2) is 8.32. The number of rotatable bonds is 4. The van der Waals surface area contributed by atoms with Gasteiger partial charge in [-0.15, -0.1) is 0 Å². The monoisotopic (exact) mass is 479 g/mol. The Morgan fingerprint density at radius 3 is 2.14 bits per heavy atom. The number of benzene rings is 3. The van der Waals surface area contributed by atoms with E-state index < -0.39 is 0 Å². The van der Waals surface area contributed by atoms with E-state index >= 15 is 0 Å². The normalized spacial score (nSPS) is 11.6. The van der Waals surface area contributed by atoms with Crippen LogP contribution in [0.2, 0.25) is 5.02 Å². The van der Waals surface area contributed by atoms with Crippen LogP contribution in [0.3, 0.4) is 0 Å². The molecule has 6 rings (SSSR count). The highest BCUT2D eigenvalue weighted by Crippen LogP contribution is 2.29. The van der Waals surface area contributed by atoms with Gasteiger partial charge in [0.1, 0.15) is 16.7 Å². The van der Waals surface area contributed by atoms with Crippen LogP contribution < -0.4 is 5.56 Å². The first-order valence-corrected chi connectivity index (χ1v) is 11.9. The molecule has 3 heterocycles. The summed E-state index contributed by atoms with van der Waals surface area (Å²) in [5.41, 5.74) is 6.22. The van der Waals surface area contributed by atoms with Crippen molar-refractivity contribution in [2.24, 2.45) is 0 Å². The van der Waals surface area contributed by atoms with Crippen LogP contribution in [0, 0.1) is 6.92 Å². The van der Waals surface area contributed by atoms with E-state index in [-0.39, 0.29) is 5.56 Å².